The summed E-state index contributed by atoms with van der Waals surface area (Å²) in [5.74, 6) is 6.37. The Morgan fingerprint density at radius 2 is 0.977 bits per heavy atom. The Morgan fingerprint density at radius 3 is 1.18 bits per heavy atom. The fraction of sp³-hybridized carbons (Fsp3) is 0.703. The summed E-state index contributed by atoms with van der Waals surface area (Å²) in [5.41, 5.74) is 8.03. The summed E-state index contributed by atoms with van der Waals surface area (Å²) in [6.07, 6.45) is 6.30. The van der Waals surface area contributed by atoms with Gasteiger partial charge in [0.1, 0.15) is 5.82 Å². The summed E-state index contributed by atoms with van der Waals surface area (Å²) in [6, 6.07) is 2.15. The van der Waals surface area contributed by atoms with Gasteiger partial charge in [-0.3, -0.25) is 20.2 Å². The van der Waals surface area contributed by atoms with Crippen LogP contribution in [0.25, 0.3) is 0 Å². The van der Waals surface area contributed by atoms with E-state index >= 15 is 0 Å². The fourth-order valence-corrected chi connectivity index (χ4v) is 4.09. The lowest BCUT2D eigenvalue weighted by molar-refractivity contribution is 0.749. The predicted octanol–water partition coefficient (Wildman–Crippen LogP) is 10.8. The van der Waals surface area contributed by atoms with E-state index in [0.29, 0.717) is 47.3 Å². The standard InChI is InChI=1S/2C10H17N.C9H16N2.C8H15N3/c2*1-7(2)9-5-10(8(3)4)11-6-9;1-6(2)8-5-9(7(3)4)11-10-8;1-5(2)7-9-8(6(3)4)11-10-7/h2*6-8H,5H2,1-4H3;5-7H,1-4H3,(H,10,11);5-6H,1-4H3,(H,9,10,11). The van der Waals surface area contributed by atoms with Crippen molar-refractivity contribution in [1.29, 1.82) is 0 Å². The first-order valence-electron chi connectivity index (χ1n) is 16.9. The monoisotopic (exact) mass is 608 g/mol. The maximum Gasteiger partial charge on any atom is 0.153 e. The molecular formula is C37H65N7. The summed E-state index contributed by atoms with van der Waals surface area (Å²) in [5, 5.41) is 14.3. The molecule has 2 aliphatic heterocycles. The summed E-state index contributed by atoms with van der Waals surface area (Å²) < 4.78 is 0. The molecule has 248 valence electrons. The van der Waals surface area contributed by atoms with Crippen LogP contribution in [0.3, 0.4) is 0 Å². The summed E-state index contributed by atoms with van der Waals surface area (Å²) in [6.45, 7) is 34.7. The molecule has 7 heteroatoms. The van der Waals surface area contributed by atoms with E-state index in [1.54, 1.807) is 0 Å². The van der Waals surface area contributed by atoms with E-state index in [2.05, 4.69) is 152 Å². The molecular weight excluding hydrogens is 542 g/mol. The lowest BCUT2D eigenvalue weighted by Crippen LogP contribution is -2.06. The van der Waals surface area contributed by atoms with Crippen molar-refractivity contribution >= 4 is 11.4 Å². The van der Waals surface area contributed by atoms with Crippen molar-refractivity contribution in [2.24, 2.45) is 33.7 Å². The molecule has 2 aromatic heterocycles. The molecule has 0 atom stereocenters. The van der Waals surface area contributed by atoms with E-state index in [1.165, 1.54) is 28.3 Å². The van der Waals surface area contributed by atoms with Crippen molar-refractivity contribution in [2.45, 2.75) is 147 Å². The Bertz CT molecular complexity index is 1040. The third-order valence-electron chi connectivity index (χ3n) is 7.79. The molecule has 0 saturated carbocycles. The van der Waals surface area contributed by atoms with Crippen LogP contribution in [0.1, 0.15) is 170 Å². The minimum Gasteiger partial charge on any atom is -0.282 e. The number of H-pyrrole nitrogens is 2. The van der Waals surface area contributed by atoms with Crippen LogP contribution in [0, 0.1) is 23.7 Å². The number of hydrogen-bond donors (Lipinski definition) is 2. The number of rotatable bonds is 8. The second-order valence-corrected chi connectivity index (χ2v) is 14.6. The van der Waals surface area contributed by atoms with E-state index in [-0.39, 0.29) is 0 Å². The Kier molecular flexibility index (Phi) is 16.8. The fourth-order valence-electron chi connectivity index (χ4n) is 4.09. The Labute approximate surface area is 270 Å². The van der Waals surface area contributed by atoms with Gasteiger partial charge in [-0.25, -0.2) is 4.98 Å². The van der Waals surface area contributed by atoms with Crippen molar-refractivity contribution in [3.8, 4) is 0 Å². The molecule has 0 bridgehead atoms. The van der Waals surface area contributed by atoms with Crippen LogP contribution < -0.4 is 0 Å². The number of nitrogens with zero attached hydrogens (tertiary/aromatic N) is 5. The Balaban J connectivity index is 0.000000293. The van der Waals surface area contributed by atoms with Crippen LogP contribution in [0.15, 0.2) is 39.6 Å². The molecule has 0 radical (unpaired) electrons. The predicted molar refractivity (Wildman–Crippen MR) is 191 cm³/mol. The van der Waals surface area contributed by atoms with Crippen molar-refractivity contribution in [2.75, 3.05) is 0 Å². The van der Waals surface area contributed by atoms with Crippen LogP contribution >= 0.6 is 0 Å². The third kappa shape index (κ3) is 13.4. The van der Waals surface area contributed by atoms with Gasteiger partial charge in [0.15, 0.2) is 5.82 Å². The van der Waals surface area contributed by atoms with Gasteiger partial charge in [-0.05, 0) is 52.7 Å². The van der Waals surface area contributed by atoms with Crippen LogP contribution in [-0.2, 0) is 0 Å². The van der Waals surface area contributed by atoms with Gasteiger partial charge in [0.05, 0.1) is 5.69 Å². The van der Waals surface area contributed by atoms with E-state index in [4.69, 9.17) is 0 Å². The first-order chi connectivity index (χ1) is 20.4. The molecule has 0 aliphatic carbocycles. The largest absolute Gasteiger partial charge is 0.282 e. The third-order valence-corrected chi connectivity index (χ3v) is 7.79. The summed E-state index contributed by atoms with van der Waals surface area (Å²) in [4.78, 5) is 13.1. The lowest BCUT2D eigenvalue weighted by atomic mass is 9.96. The maximum atomic E-state index is 4.39. The maximum absolute atomic E-state index is 4.39. The molecule has 0 aromatic carbocycles. The van der Waals surface area contributed by atoms with Gasteiger partial charge in [-0.1, -0.05) is 111 Å². The first kappa shape index (κ1) is 39.2. The van der Waals surface area contributed by atoms with Crippen molar-refractivity contribution in [3.05, 3.63) is 52.6 Å². The van der Waals surface area contributed by atoms with Crippen LogP contribution in [0.2, 0.25) is 0 Å². The first-order valence-corrected chi connectivity index (χ1v) is 16.9. The zero-order chi connectivity index (χ0) is 33.7. The normalized spacial score (nSPS) is 14.5. The van der Waals surface area contributed by atoms with Crippen LogP contribution in [0.5, 0.6) is 0 Å². The van der Waals surface area contributed by atoms with E-state index in [9.17, 15) is 0 Å². The van der Waals surface area contributed by atoms with Gasteiger partial charge in [-0.2, -0.15) is 10.2 Å². The molecule has 0 saturated heterocycles. The SMILES string of the molecule is CC(C)C1=CN=C(C(C)C)C1.CC(C)C1=CN=C(C(C)C)C1.CC(C)c1cc(C(C)C)[nH]n1.CC(C)c1n[nH]c(C(C)C)n1. The van der Waals surface area contributed by atoms with Crippen molar-refractivity contribution in [1.82, 2.24) is 25.4 Å². The Morgan fingerprint density at radius 1 is 0.500 bits per heavy atom. The van der Waals surface area contributed by atoms with E-state index in [1.807, 2.05) is 12.4 Å². The zero-order valence-corrected chi connectivity index (χ0v) is 31.0. The van der Waals surface area contributed by atoms with Gasteiger partial charge < -0.3 is 0 Å². The highest BCUT2D eigenvalue weighted by Crippen LogP contribution is 2.24. The van der Waals surface area contributed by atoms with Crippen LogP contribution in [0.4, 0.5) is 0 Å². The Hall–Kier alpha value is -2.83. The summed E-state index contributed by atoms with van der Waals surface area (Å²) >= 11 is 0. The average molecular weight is 608 g/mol. The number of aromatic amines is 2. The van der Waals surface area contributed by atoms with Crippen molar-refractivity contribution < 1.29 is 0 Å². The molecule has 2 aliphatic rings. The highest BCUT2D eigenvalue weighted by atomic mass is 15.2. The quantitative estimate of drug-likeness (QED) is 0.312. The van der Waals surface area contributed by atoms with Crippen molar-refractivity contribution in [3.63, 3.8) is 0 Å². The minimum atomic E-state index is 0.416. The van der Waals surface area contributed by atoms with E-state index < -0.39 is 0 Å². The molecule has 4 heterocycles. The zero-order valence-electron chi connectivity index (χ0n) is 31.0. The molecule has 2 aromatic rings. The highest BCUT2D eigenvalue weighted by molar-refractivity contribution is 5.91. The smallest absolute Gasteiger partial charge is 0.153 e. The molecule has 2 N–H and O–H groups in total. The molecule has 44 heavy (non-hydrogen) atoms. The number of aliphatic imine (C=N–C) groups is 2. The topological polar surface area (TPSA) is 95.0 Å². The van der Waals surface area contributed by atoms with Gasteiger partial charge in [0, 0.05) is 54.2 Å². The molecule has 0 unspecified atom stereocenters. The molecule has 0 spiro atoms. The number of aromatic nitrogens is 5. The second-order valence-electron chi connectivity index (χ2n) is 14.6. The average Bonchev–Trinajstić information content (AvgIpc) is 3.76. The van der Waals surface area contributed by atoms with E-state index in [0.717, 1.165) is 30.2 Å². The molecule has 4 rings (SSSR count). The molecule has 0 fully saturated rings. The minimum absolute atomic E-state index is 0.416. The van der Waals surface area contributed by atoms with Gasteiger partial charge >= 0.3 is 0 Å². The number of hydrogen-bond acceptors (Lipinski definition) is 5. The number of allylic oxidation sites excluding steroid dienone is 2. The molecule has 0 amide bonds. The number of nitrogens with one attached hydrogen (secondary N) is 2. The van der Waals surface area contributed by atoms with Gasteiger partial charge in [-0.15, -0.1) is 0 Å². The summed E-state index contributed by atoms with van der Waals surface area (Å²) in [7, 11) is 0. The van der Waals surface area contributed by atoms with Crippen LogP contribution in [-0.4, -0.2) is 36.8 Å². The van der Waals surface area contributed by atoms with Gasteiger partial charge in [0.2, 0.25) is 0 Å². The molecule has 7 nitrogen and oxygen atoms in total. The second kappa shape index (κ2) is 18.9. The lowest BCUT2D eigenvalue weighted by Gasteiger charge is -2.07. The van der Waals surface area contributed by atoms with Gasteiger partial charge in [0.25, 0.3) is 0 Å². The highest BCUT2D eigenvalue weighted by Gasteiger charge is 2.16.